The lowest BCUT2D eigenvalue weighted by molar-refractivity contribution is 0.0697. The maximum absolute atomic E-state index is 10.9. The lowest BCUT2D eigenvalue weighted by Crippen LogP contribution is -2.14. The van der Waals surface area contributed by atoms with Crippen LogP contribution < -0.4 is 5.43 Å². The van der Waals surface area contributed by atoms with Crippen molar-refractivity contribution in [3.05, 3.63) is 59.3 Å². The normalized spacial score (nSPS) is 16.6. The second-order valence-electron chi connectivity index (χ2n) is 4.53. The summed E-state index contributed by atoms with van der Waals surface area (Å²) in [6, 6.07) is 10.2. The van der Waals surface area contributed by atoms with Crippen molar-refractivity contribution in [2.24, 2.45) is 5.10 Å². The van der Waals surface area contributed by atoms with E-state index in [1.54, 1.807) is 18.3 Å². The molecule has 1 aliphatic rings. The van der Waals surface area contributed by atoms with E-state index in [4.69, 9.17) is 9.84 Å². The topological polar surface area (TPSA) is 83.8 Å². The minimum Gasteiger partial charge on any atom is -0.478 e. The van der Waals surface area contributed by atoms with Crippen molar-refractivity contribution in [3.63, 3.8) is 0 Å². The Morgan fingerprint density at radius 2 is 2.09 bits per heavy atom. The molecule has 0 radical (unpaired) electrons. The highest BCUT2D eigenvalue weighted by molar-refractivity contribution is 7.98. The van der Waals surface area contributed by atoms with Crippen molar-refractivity contribution >= 4 is 23.6 Å². The number of aromatic carboxylic acids is 1. The first-order chi connectivity index (χ1) is 10.7. The molecule has 0 saturated heterocycles. The molecule has 1 aliphatic heterocycles. The van der Waals surface area contributed by atoms with Crippen LogP contribution in [0, 0.1) is 0 Å². The highest BCUT2D eigenvalue weighted by Crippen LogP contribution is 2.27. The zero-order chi connectivity index (χ0) is 15.5. The average Bonchev–Trinajstić information content (AvgIpc) is 3.04. The van der Waals surface area contributed by atoms with E-state index in [-0.39, 0.29) is 5.56 Å². The Labute approximate surface area is 131 Å². The smallest absolute Gasteiger partial charge is 0.335 e. The number of hydrazone groups is 1. The second kappa shape index (κ2) is 6.07. The number of benzene rings is 1. The summed E-state index contributed by atoms with van der Waals surface area (Å²) in [7, 11) is 0. The number of pyridine rings is 1. The molecular weight excluding hydrogens is 302 g/mol. The Morgan fingerprint density at radius 3 is 2.77 bits per heavy atom. The van der Waals surface area contributed by atoms with Gasteiger partial charge in [0.05, 0.1) is 5.56 Å². The molecule has 1 unspecified atom stereocenters. The fraction of sp³-hybridized carbons (Fsp3) is 0.133. The largest absolute Gasteiger partial charge is 0.478 e. The van der Waals surface area contributed by atoms with Gasteiger partial charge in [-0.3, -0.25) is 5.43 Å². The minimum atomic E-state index is -0.961. The Hall–Kier alpha value is -2.54. The van der Waals surface area contributed by atoms with Crippen molar-refractivity contribution in [1.29, 1.82) is 0 Å². The first-order valence-electron chi connectivity index (χ1n) is 6.51. The molecule has 0 saturated carbocycles. The summed E-state index contributed by atoms with van der Waals surface area (Å²) >= 11 is 1.54. The molecule has 0 spiro atoms. The van der Waals surface area contributed by atoms with Crippen molar-refractivity contribution in [2.75, 3.05) is 6.26 Å². The summed E-state index contributed by atoms with van der Waals surface area (Å²) in [6.45, 7) is 0. The van der Waals surface area contributed by atoms with E-state index in [9.17, 15) is 4.79 Å². The van der Waals surface area contributed by atoms with Crippen molar-refractivity contribution in [2.45, 2.75) is 11.3 Å². The molecule has 1 aromatic carbocycles. The maximum atomic E-state index is 10.9. The number of aromatic nitrogens is 1. The number of thioether (sulfide) groups is 1. The zero-order valence-electron chi connectivity index (χ0n) is 11.7. The molecule has 22 heavy (non-hydrogen) atoms. The molecule has 6 nitrogen and oxygen atoms in total. The molecule has 1 atom stereocenters. The summed E-state index contributed by atoms with van der Waals surface area (Å²) in [5, 5.41) is 14.0. The van der Waals surface area contributed by atoms with Crippen LogP contribution in [0.4, 0.5) is 0 Å². The van der Waals surface area contributed by atoms with E-state index in [1.807, 2.05) is 18.4 Å². The molecule has 1 aromatic heterocycles. The average molecular weight is 315 g/mol. The standard InChI is InChI=1S/C15H13N3O3S/c1-22-14-11(3-2-8-16-14)13-18-17-12(21-13)9-4-6-10(7-5-9)15(19)20/h2-8,13,18H,1H3,(H,19,20). The van der Waals surface area contributed by atoms with Crippen LogP contribution in [-0.4, -0.2) is 28.2 Å². The molecule has 0 bridgehead atoms. The van der Waals surface area contributed by atoms with Crippen LogP contribution in [-0.2, 0) is 4.74 Å². The van der Waals surface area contributed by atoms with Crippen LogP contribution in [0.15, 0.2) is 52.7 Å². The minimum absolute atomic E-state index is 0.226. The Bertz CT molecular complexity index is 731. The van der Waals surface area contributed by atoms with E-state index < -0.39 is 12.2 Å². The van der Waals surface area contributed by atoms with E-state index in [1.165, 1.54) is 23.9 Å². The van der Waals surface area contributed by atoms with Gasteiger partial charge in [-0.25, -0.2) is 9.78 Å². The predicted molar refractivity (Wildman–Crippen MR) is 82.9 cm³/mol. The summed E-state index contributed by atoms with van der Waals surface area (Å²) in [6.07, 6.45) is 3.29. The van der Waals surface area contributed by atoms with Gasteiger partial charge in [-0.15, -0.1) is 16.9 Å². The summed E-state index contributed by atoms with van der Waals surface area (Å²) in [5.41, 5.74) is 4.79. The highest BCUT2D eigenvalue weighted by atomic mass is 32.2. The van der Waals surface area contributed by atoms with Crippen molar-refractivity contribution in [1.82, 2.24) is 10.4 Å². The van der Waals surface area contributed by atoms with Crippen molar-refractivity contribution in [3.8, 4) is 0 Å². The van der Waals surface area contributed by atoms with Gasteiger partial charge in [0.2, 0.25) is 12.1 Å². The molecule has 2 heterocycles. The van der Waals surface area contributed by atoms with Crippen LogP contribution in [0.2, 0.25) is 0 Å². The number of nitrogens with zero attached hydrogens (tertiary/aromatic N) is 2. The predicted octanol–water partition coefficient (Wildman–Crippen LogP) is 2.48. The highest BCUT2D eigenvalue weighted by Gasteiger charge is 2.24. The van der Waals surface area contributed by atoms with Gasteiger partial charge < -0.3 is 9.84 Å². The molecule has 0 aliphatic carbocycles. The third-order valence-electron chi connectivity index (χ3n) is 3.17. The van der Waals surface area contributed by atoms with E-state index in [0.29, 0.717) is 5.90 Å². The second-order valence-corrected chi connectivity index (χ2v) is 5.32. The molecule has 7 heteroatoms. The maximum Gasteiger partial charge on any atom is 0.335 e. The van der Waals surface area contributed by atoms with Crippen LogP contribution in [0.25, 0.3) is 0 Å². The summed E-state index contributed by atoms with van der Waals surface area (Å²) in [5.74, 6) is -0.533. The fourth-order valence-electron chi connectivity index (χ4n) is 2.08. The Morgan fingerprint density at radius 1 is 1.32 bits per heavy atom. The van der Waals surface area contributed by atoms with Gasteiger partial charge in [0.15, 0.2) is 0 Å². The van der Waals surface area contributed by atoms with Crippen LogP contribution >= 0.6 is 11.8 Å². The number of hydrogen-bond acceptors (Lipinski definition) is 6. The van der Waals surface area contributed by atoms with E-state index in [0.717, 1.165) is 16.2 Å². The molecule has 0 fully saturated rings. The lowest BCUT2D eigenvalue weighted by atomic mass is 10.1. The monoisotopic (exact) mass is 315 g/mol. The van der Waals surface area contributed by atoms with Crippen molar-refractivity contribution < 1.29 is 14.6 Å². The van der Waals surface area contributed by atoms with Crippen LogP contribution in [0.1, 0.15) is 27.7 Å². The number of nitrogens with one attached hydrogen (secondary N) is 1. The van der Waals surface area contributed by atoms with Gasteiger partial charge in [-0.05, 0) is 42.7 Å². The number of carbonyl (C=O) groups is 1. The van der Waals surface area contributed by atoms with Gasteiger partial charge in [0.25, 0.3) is 0 Å². The number of carboxylic acids is 1. The van der Waals surface area contributed by atoms with Gasteiger partial charge in [-0.2, -0.15) is 0 Å². The SMILES string of the molecule is CSc1ncccc1C1NN=C(c2ccc(C(=O)O)cc2)O1. The number of ether oxygens (including phenoxy) is 1. The van der Waals surface area contributed by atoms with Gasteiger partial charge in [-0.1, -0.05) is 0 Å². The number of hydrogen-bond donors (Lipinski definition) is 2. The molecular formula is C15H13N3O3S. The third kappa shape index (κ3) is 2.75. The van der Waals surface area contributed by atoms with E-state index >= 15 is 0 Å². The first-order valence-corrected chi connectivity index (χ1v) is 7.74. The first kappa shape index (κ1) is 14.4. The summed E-state index contributed by atoms with van der Waals surface area (Å²) in [4.78, 5) is 15.2. The Balaban J connectivity index is 1.78. The molecule has 112 valence electrons. The fourth-order valence-corrected chi connectivity index (χ4v) is 2.65. The van der Waals surface area contributed by atoms with Crippen LogP contribution in [0.5, 0.6) is 0 Å². The third-order valence-corrected chi connectivity index (χ3v) is 3.90. The molecule has 2 aromatic rings. The molecule has 3 rings (SSSR count). The number of rotatable bonds is 4. The summed E-state index contributed by atoms with van der Waals surface area (Å²) < 4.78 is 5.81. The van der Waals surface area contributed by atoms with Gasteiger partial charge in [0.1, 0.15) is 5.03 Å². The van der Waals surface area contributed by atoms with Gasteiger partial charge >= 0.3 is 5.97 Å². The van der Waals surface area contributed by atoms with Crippen LogP contribution in [0.3, 0.4) is 0 Å². The molecule has 0 amide bonds. The number of carboxylic acid groups (broad SMARTS) is 1. The zero-order valence-corrected chi connectivity index (χ0v) is 12.5. The van der Waals surface area contributed by atoms with E-state index in [2.05, 4.69) is 15.5 Å². The quantitative estimate of drug-likeness (QED) is 0.843. The Kier molecular flexibility index (Phi) is 3.97. The lowest BCUT2D eigenvalue weighted by Gasteiger charge is -2.13. The van der Waals surface area contributed by atoms with Gasteiger partial charge in [0, 0.05) is 17.3 Å². The molecule has 2 N–H and O–H groups in total.